The van der Waals surface area contributed by atoms with Gasteiger partial charge in [-0.2, -0.15) is 9.78 Å². The van der Waals surface area contributed by atoms with Crippen molar-refractivity contribution >= 4 is 27.6 Å². The number of esters is 1. The zero-order chi connectivity index (χ0) is 22.5. The second kappa shape index (κ2) is 9.51. The molecule has 32 heavy (non-hydrogen) atoms. The van der Waals surface area contributed by atoms with Gasteiger partial charge in [-0.1, -0.05) is 61.7 Å². The summed E-state index contributed by atoms with van der Waals surface area (Å²) in [6, 6.07) is 13.6. The maximum absolute atomic E-state index is 12.9. The molecule has 2 aromatic heterocycles. The number of ether oxygens (including phenoxy) is 1. The van der Waals surface area contributed by atoms with Gasteiger partial charge in [0.2, 0.25) is 0 Å². The van der Waals surface area contributed by atoms with Gasteiger partial charge in [0, 0.05) is 11.9 Å². The van der Waals surface area contributed by atoms with Crippen LogP contribution in [0, 0.1) is 0 Å². The number of unbranched alkanes of at least 4 members (excludes halogenated alkanes) is 3. The van der Waals surface area contributed by atoms with E-state index in [1.54, 1.807) is 48.5 Å². The van der Waals surface area contributed by atoms with Crippen molar-refractivity contribution in [1.82, 2.24) is 24.8 Å². The monoisotopic (exact) mass is 433 g/mol. The summed E-state index contributed by atoms with van der Waals surface area (Å²) in [5.41, 5.74) is -0.173. The van der Waals surface area contributed by atoms with Crippen LogP contribution in [-0.4, -0.2) is 30.7 Å². The van der Waals surface area contributed by atoms with Gasteiger partial charge in [-0.3, -0.25) is 9.59 Å². The number of rotatable bonds is 8. The predicted molar refractivity (Wildman–Crippen MR) is 119 cm³/mol. The lowest BCUT2D eigenvalue weighted by molar-refractivity contribution is 0.0328. The maximum atomic E-state index is 12.9. The minimum atomic E-state index is -0.745. The average molecular weight is 433 g/mol. The Hall–Kier alpha value is -3.88. The largest absolute Gasteiger partial charge is 0.437 e. The normalized spacial score (nSPS) is 11.2. The Morgan fingerprint density at radius 2 is 1.56 bits per heavy atom. The number of aryl methyl sites for hydroxylation is 1. The van der Waals surface area contributed by atoms with E-state index in [0.717, 1.165) is 30.4 Å². The molecule has 0 amide bonds. The number of carbonyl (C=O) groups is 1. The van der Waals surface area contributed by atoms with Crippen molar-refractivity contribution in [2.75, 3.05) is 0 Å². The van der Waals surface area contributed by atoms with Gasteiger partial charge in [0.1, 0.15) is 5.52 Å². The number of fused-ring (bicyclic) bond motifs is 2. The average Bonchev–Trinajstić information content (AvgIpc) is 2.83. The van der Waals surface area contributed by atoms with Crippen molar-refractivity contribution in [3.63, 3.8) is 0 Å². The van der Waals surface area contributed by atoms with Crippen LogP contribution in [0.1, 0.15) is 43.1 Å². The minimum Gasteiger partial charge on any atom is -0.437 e. The van der Waals surface area contributed by atoms with Crippen LogP contribution in [0.4, 0.5) is 0 Å². The molecule has 0 saturated carbocycles. The first-order chi connectivity index (χ1) is 15.6. The van der Waals surface area contributed by atoms with E-state index in [1.165, 1.54) is 4.68 Å². The first kappa shape index (κ1) is 21.4. The molecule has 0 aliphatic heterocycles. The Morgan fingerprint density at radius 3 is 2.34 bits per heavy atom. The maximum Gasteiger partial charge on any atom is 0.361 e. The molecule has 0 saturated heterocycles. The van der Waals surface area contributed by atoms with Gasteiger partial charge < -0.3 is 4.74 Å². The van der Waals surface area contributed by atoms with Crippen molar-refractivity contribution in [1.29, 1.82) is 0 Å². The van der Waals surface area contributed by atoms with Crippen LogP contribution >= 0.6 is 0 Å². The molecule has 0 unspecified atom stereocenters. The van der Waals surface area contributed by atoms with E-state index in [4.69, 9.17) is 4.74 Å². The van der Waals surface area contributed by atoms with Gasteiger partial charge in [-0.15, -0.1) is 5.10 Å². The molecule has 4 rings (SSSR count). The molecule has 0 radical (unpaired) electrons. The number of carbonyl (C=O) groups excluding carboxylic acids is 1. The molecular weight excluding hydrogens is 410 g/mol. The lowest BCUT2D eigenvalue weighted by Gasteiger charge is -2.11. The van der Waals surface area contributed by atoms with Crippen LogP contribution in [0.25, 0.3) is 21.7 Å². The third-order valence-corrected chi connectivity index (χ3v) is 5.23. The fourth-order valence-corrected chi connectivity index (χ4v) is 3.52. The summed E-state index contributed by atoms with van der Waals surface area (Å²) in [6.07, 6.45) is 3.91. The summed E-state index contributed by atoms with van der Waals surface area (Å²) in [5.74, 6) is -0.745. The highest BCUT2D eigenvalue weighted by atomic mass is 16.5. The van der Waals surface area contributed by atoms with Crippen LogP contribution in [0.15, 0.2) is 58.1 Å². The lowest BCUT2D eigenvalue weighted by atomic mass is 10.1. The third kappa shape index (κ3) is 4.27. The van der Waals surface area contributed by atoms with E-state index >= 15 is 0 Å². The number of hydrogen-bond donors (Lipinski definition) is 0. The molecule has 2 aromatic carbocycles. The molecule has 0 aliphatic rings. The fourth-order valence-electron chi connectivity index (χ4n) is 3.52. The number of aromatic nitrogens is 5. The Labute approximate surface area is 183 Å². The first-order valence-electron chi connectivity index (χ1n) is 10.6. The summed E-state index contributed by atoms with van der Waals surface area (Å²) in [4.78, 5) is 38.3. The van der Waals surface area contributed by atoms with Gasteiger partial charge in [0.15, 0.2) is 12.4 Å². The molecular formula is C23H23N5O4. The van der Waals surface area contributed by atoms with Crippen molar-refractivity contribution < 1.29 is 9.53 Å². The summed E-state index contributed by atoms with van der Waals surface area (Å²) < 4.78 is 7.63. The Morgan fingerprint density at radius 1 is 0.875 bits per heavy atom. The number of nitrogens with zero attached hydrogens (tertiary/aromatic N) is 5. The predicted octanol–water partition coefficient (Wildman–Crippen LogP) is 2.90. The van der Waals surface area contributed by atoms with Crippen molar-refractivity contribution in [3.05, 3.63) is 74.9 Å². The van der Waals surface area contributed by atoms with E-state index in [-0.39, 0.29) is 11.3 Å². The zero-order valence-corrected chi connectivity index (χ0v) is 17.7. The molecule has 9 nitrogen and oxygen atoms in total. The molecule has 164 valence electrons. The Balaban J connectivity index is 1.61. The first-order valence-corrected chi connectivity index (χ1v) is 10.6. The number of benzene rings is 2. The van der Waals surface area contributed by atoms with Crippen LogP contribution in [0.5, 0.6) is 0 Å². The number of hydrogen-bond acceptors (Lipinski definition) is 7. The second-order valence-corrected chi connectivity index (χ2v) is 7.46. The standard InChI is InChI=1S/C23H23N5O4/c1-2-3-4-9-14-27-21(29)17-11-6-5-10-16(17)20(25-27)23(31)32-15-28-22(30)18-12-7-8-13-19(18)24-26-28/h5-8,10-13H,2-4,9,14-15H2,1H3. The van der Waals surface area contributed by atoms with E-state index in [9.17, 15) is 14.4 Å². The Bertz CT molecular complexity index is 1390. The molecule has 0 bridgehead atoms. The van der Waals surface area contributed by atoms with E-state index in [0.29, 0.717) is 28.2 Å². The molecule has 0 atom stereocenters. The summed E-state index contributed by atoms with van der Waals surface area (Å²) in [7, 11) is 0. The lowest BCUT2D eigenvalue weighted by Crippen LogP contribution is -2.29. The minimum absolute atomic E-state index is 0.0255. The molecule has 2 heterocycles. The summed E-state index contributed by atoms with van der Waals surface area (Å²) in [5, 5.41) is 13.3. The molecule has 0 spiro atoms. The highest BCUT2D eigenvalue weighted by Crippen LogP contribution is 2.15. The fraction of sp³-hybridized carbons (Fsp3) is 0.304. The molecule has 0 fully saturated rings. The second-order valence-electron chi connectivity index (χ2n) is 7.46. The summed E-state index contributed by atoms with van der Waals surface area (Å²) in [6.45, 7) is 2.11. The van der Waals surface area contributed by atoms with Gasteiger partial charge >= 0.3 is 5.97 Å². The van der Waals surface area contributed by atoms with E-state index < -0.39 is 18.3 Å². The van der Waals surface area contributed by atoms with Gasteiger partial charge in [-0.05, 0) is 24.6 Å². The summed E-state index contributed by atoms with van der Waals surface area (Å²) >= 11 is 0. The zero-order valence-electron chi connectivity index (χ0n) is 17.7. The topological polar surface area (TPSA) is 109 Å². The van der Waals surface area contributed by atoms with Crippen LogP contribution in [0.3, 0.4) is 0 Å². The molecule has 9 heteroatoms. The Kier molecular flexibility index (Phi) is 6.34. The quantitative estimate of drug-likeness (QED) is 0.310. The van der Waals surface area contributed by atoms with Crippen molar-refractivity contribution in [2.45, 2.75) is 45.9 Å². The van der Waals surface area contributed by atoms with Crippen molar-refractivity contribution in [3.8, 4) is 0 Å². The smallest absolute Gasteiger partial charge is 0.361 e. The van der Waals surface area contributed by atoms with Crippen LogP contribution in [-0.2, 0) is 18.0 Å². The highest BCUT2D eigenvalue weighted by Gasteiger charge is 2.18. The van der Waals surface area contributed by atoms with E-state index in [2.05, 4.69) is 22.3 Å². The van der Waals surface area contributed by atoms with Gasteiger partial charge in [0.05, 0.1) is 10.8 Å². The third-order valence-electron chi connectivity index (χ3n) is 5.23. The van der Waals surface area contributed by atoms with Gasteiger partial charge in [-0.25, -0.2) is 9.48 Å². The SMILES string of the molecule is CCCCCCn1nc(C(=O)OCn2nnc3ccccc3c2=O)c2ccccc2c1=O. The van der Waals surface area contributed by atoms with E-state index in [1.807, 2.05) is 0 Å². The highest BCUT2D eigenvalue weighted by molar-refractivity contribution is 6.02. The van der Waals surface area contributed by atoms with Crippen molar-refractivity contribution in [2.24, 2.45) is 0 Å². The van der Waals surface area contributed by atoms with Crippen LogP contribution < -0.4 is 11.1 Å². The molecule has 4 aromatic rings. The van der Waals surface area contributed by atoms with Gasteiger partial charge in [0.25, 0.3) is 11.1 Å². The molecule has 0 N–H and O–H groups in total. The van der Waals surface area contributed by atoms with Crippen LogP contribution in [0.2, 0.25) is 0 Å². The molecule has 0 aliphatic carbocycles.